The maximum absolute atomic E-state index is 12.7. The third-order valence-electron chi connectivity index (χ3n) is 4.56. The molecule has 0 amide bonds. The summed E-state index contributed by atoms with van der Waals surface area (Å²) in [6.07, 6.45) is 2.07. The number of carbonyl (C=O) groups excluding carboxylic acids is 1. The van der Waals surface area contributed by atoms with Crippen LogP contribution in [-0.2, 0) is 28.9 Å². The number of hydrogen-bond acceptors (Lipinski definition) is 5. The molecule has 1 heterocycles. The molecule has 1 unspecified atom stereocenters. The molecule has 1 aromatic heterocycles. The number of halogens is 1. The van der Waals surface area contributed by atoms with E-state index in [2.05, 4.69) is 16.4 Å². The second kappa shape index (κ2) is 9.35. The number of nitriles is 1. The van der Waals surface area contributed by atoms with Crippen molar-refractivity contribution in [1.29, 1.82) is 5.26 Å². The first kappa shape index (κ1) is 20.6. The molecule has 2 aromatic carbocycles. The van der Waals surface area contributed by atoms with Gasteiger partial charge in [0.1, 0.15) is 0 Å². The van der Waals surface area contributed by atoms with Gasteiger partial charge in [0.2, 0.25) is 0 Å². The van der Waals surface area contributed by atoms with Crippen LogP contribution in [0.3, 0.4) is 0 Å². The van der Waals surface area contributed by atoms with E-state index in [0.29, 0.717) is 17.3 Å². The molecule has 0 aliphatic carbocycles. The fourth-order valence-corrected chi connectivity index (χ4v) is 3.25. The smallest absolute Gasteiger partial charge is 0.327 e. The SMILES string of the molecule is CCOC(=O)C(C#N)(Cc1ccc(Cl)cc1)Cc1cn(Cc2ccccc2)nn1. The van der Waals surface area contributed by atoms with Gasteiger partial charge in [-0.25, -0.2) is 4.68 Å². The van der Waals surface area contributed by atoms with Crippen LogP contribution >= 0.6 is 11.6 Å². The molecule has 0 aliphatic rings. The Labute approximate surface area is 174 Å². The van der Waals surface area contributed by atoms with Gasteiger partial charge in [0.05, 0.1) is 24.9 Å². The van der Waals surface area contributed by atoms with Crippen LogP contribution in [0.15, 0.2) is 60.8 Å². The molecule has 0 N–H and O–H groups in total. The van der Waals surface area contributed by atoms with E-state index >= 15 is 0 Å². The van der Waals surface area contributed by atoms with E-state index in [9.17, 15) is 10.1 Å². The molecule has 0 saturated carbocycles. The predicted octanol–water partition coefficient (Wildman–Crippen LogP) is 3.84. The van der Waals surface area contributed by atoms with E-state index < -0.39 is 11.4 Å². The lowest BCUT2D eigenvalue weighted by atomic mass is 9.79. The molecule has 3 aromatic rings. The second-order valence-electron chi connectivity index (χ2n) is 6.79. The van der Waals surface area contributed by atoms with Crippen LogP contribution in [0.4, 0.5) is 0 Å². The van der Waals surface area contributed by atoms with Gasteiger partial charge in [-0.15, -0.1) is 5.10 Å². The molecule has 0 spiro atoms. The van der Waals surface area contributed by atoms with Crippen molar-refractivity contribution >= 4 is 17.6 Å². The Balaban J connectivity index is 1.84. The number of ether oxygens (including phenoxy) is 1. The Kier molecular flexibility index (Phi) is 6.63. The number of benzene rings is 2. The van der Waals surface area contributed by atoms with Gasteiger partial charge in [-0.3, -0.25) is 4.79 Å². The van der Waals surface area contributed by atoms with Crippen LogP contribution < -0.4 is 0 Å². The first-order valence-electron chi connectivity index (χ1n) is 9.30. The fraction of sp³-hybridized carbons (Fsp3) is 0.273. The molecule has 148 valence electrons. The summed E-state index contributed by atoms with van der Waals surface area (Å²) in [6.45, 7) is 2.48. The van der Waals surface area contributed by atoms with Crippen LogP contribution in [-0.4, -0.2) is 27.6 Å². The summed E-state index contributed by atoms with van der Waals surface area (Å²) in [6, 6.07) is 19.1. The number of hydrogen-bond donors (Lipinski definition) is 0. The Bertz CT molecular complexity index is 996. The minimum Gasteiger partial charge on any atom is -0.465 e. The molecule has 3 rings (SSSR count). The highest BCUT2D eigenvalue weighted by atomic mass is 35.5. The summed E-state index contributed by atoms with van der Waals surface area (Å²) in [4.78, 5) is 12.7. The quantitative estimate of drug-likeness (QED) is 0.529. The van der Waals surface area contributed by atoms with Crippen molar-refractivity contribution in [1.82, 2.24) is 15.0 Å². The van der Waals surface area contributed by atoms with Gasteiger partial charge < -0.3 is 4.74 Å². The molecular formula is C22H21ClN4O2. The van der Waals surface area contributed by atoms with Gasteiger partial charge in [-0.2, -0.15) is 5.26 Å². The van der Waals surface area contributed by atoms with Gasteiger partial charge in [0, 0.05) is 24.1 Å². The molecule has 0 saturated heterocycles. The average Bonchev–Trinajstić information content (AvgIpc) is 3.16. The highest BCUT2D eigenvalue weighted by Crippen LogP contribution is 2.29. The summed E-state index contributed by atoms with van der Waals surface area (Å²) in [5.74, 6) is -0.560. The zero-order valence-corrected chi connectivity index (χ0v) is 16.8. The molecule has 0 radical (unpaired) electrons. The Morgan fingerprint density at radius 1 is 1.14 bits per heavy atom. The van der Waals surface area contributed by atoms with Crippen LogP contribution in [0.2, 0.25) is 5.02 Å². The third kappa shape index (κ3) is 5.21. The highest BCUT2D eigenvalue weighted by molar-refractivity contribution is 6.30. The zero-order valence-electron chi connectivity index (χ0n) is 16.1. The topological polar surface area (TPSA) is 80.8 Å². The third-order valence-corrected chi connectivity index (χ3v) is 4.81. The van der Waals surface area contributed by atoms with Gasteiger partial charge in [-0.05, 0) is 30.2 Å². The van der Waals surface area contributed by atoms with Crippen molar-refractivity contribution in [3.63, 3.8) is 0 Å². The van der Waals surface area contributed by atoms with E-state index in [-0.39, 0.29) is 19.4 Å². The summed E-state index contributed by atoms with van der Waals surface area (Å²) in [7, 11) is 0. The molecule has 6 nitrogen and oxygen atoms in total. The van der Waals surface area contributed by atoms with Crippen LogP contribution in [0.1, 0.15) is 23.7 Å². The number of rotatable bonds is 8. The van der Waals surface area contributed by atoms with Crippen LogP contribution in [0, 0.1) is 16.7 Å². The largest absolute Gasteiger partial charge is 0.465 e. The lowest BCUT2D eigenvalue weighted by molar-refractivity contribution is -0.152. The Morgan fingerprint density at radius 3 is 2.52 bits per heavy atom. The number of aromatic nitrogens is 3. The van der Waals surface area contributed by atoms with Gasteiger partial charge in [0.15, 0.2) is 5.41 Å². The summed E-state index contributed by atoms with van der Waals surface area (Å²) < 4.78 is 6.92. The number of esters is 1. The lowest BCUT2D eigenvalue weighted by Crippen LogP contribution is -2.36. The summed E-state index contributed by atoms with van der Waals surface area (Å²) >= 11 is 5.95. The van der Waals surface area contributed by atoms with Crippen molar-refractivity contribution < 1.29 is 9.53 Å². The second-order valence-corrected chi connectivity index (χ2v) is 7.22. The number of carbonyl (C=O) groups is 1. The van der Waals surface area contributed by atoms with E-state index in [1.54, 1.807) is 42.1 Å². The van der Waals surface area contributed by atoms with Crippen molar-refractivity contribution in [2.75, 3.05) is 6.61 Å². The normalized spacial score (nSPS) is 12.7. The molecule has 0 bridgehead atoms. The molecular weight excluding hydrogens is 388 g/mol. The predicted molar refractivity (Wildman–Crippen MR) is 109 cm³/mol. The fourth-order valence-electron chi connectivity index (χ4n) is 3.13. The van der Waals surface area contributed by atoms with Gasteiger partial charge in [-0.1, -0.05) is 59.3 Å². The van der Waals surface area contributed by atoms with Crippen molar-refractivity contribution in [2.24, 2.45) is 5.41 Å². The summed E-state index contributed by atoms with van der Waals surface area (Å²) in [5, 5.41) is 18.9. The standard InChI is InChI=1S/C22H21ClN4O2/c1-2-29-21(28)22(16-24,12-17-8-10-19(23)11-9-17)13-20-15-27(26-25-20)14-18-6-4-3-5-7-18/h3-11,15H,2,12-14H2,1H3. The Morgan fingerprint density at radius 2 is 1.86 bits per heavy atom. The lowest BCUT2D eigenvalue weighted by Gasteiger charge is -2.23. The summed E-state index contributed by atoms with van der Waals surface area (Å²) in [5.41, 5.74) is 1.07. The monoisotopic (exact) mass is 408 g/mol. The molecule has 1 atom stereocenters. The van der Waals surface area contributed by atoms with Gasteiger partial charge >= 0.3 is 5.97 Å². The Hall–Kier alpha value is -3.17. The van der Waals surface area contributed by atoms with E-state index in [0.717, 1.165) is 11.1 Å². The average molecular weight is 409 g/mol. The van der Waals surface area contributed by atoms with E-state index in [1.165, 1.54) is 0 Å². The first-order valence-corrected chi connectivity index (χ1v) is 9.68. The van der Waals surface area contributed by atoms with Gasteiger partial charge in [0.25, 0.3) is 0 Å². The van der Waals surface area contributed by atoms with E-state index in [4.69, 9.17) is 16.3 Å². The first-order chi connectivity index (χ1) is 14.0. The van der Waals surface area contributed by atoms with Crippen LogP contribution in [0.5, 0.6) is 0 Å². The molecule has 29 heavy (non-hydrogen) atoms. The molecule has 0 fully saturated rings. The maximum atomic E-state index is 12.7. The maximum Gasteiger partial charge on any atom is 0.327 e. The highest BCUT2D eigenvalue weighted by Gasteiger charge is 2.41. The molecule has 7 heteroatoms. The van der Waals surface area contributed by atoms with Crippen molar-refractivity contribution in [3.8, 4) is 6.07 Å². The minimum absolute atomic E-state index is 0.111. The minimum atomic E-state index is -1.39. The zero-order chi connectivity index (χ0) is 20.7. The van der Waals surface area contributed by atoms with Crippen LogP contribution in [0.25, 0.3) is 0 Å². The van der Waals surface area contributed by atoms with Crippen molar-refractivity contribution in [3.05, 3.63) is 82.6 Å². The van der Waals surface area contributed by atoms with E-state index in [1.807, 2.05) is 30.3 Å². The number of nitrogens with zero attached hydrogens (tertiary/aromatic N) is 4. The molecule has 0 aliphatic heterocycles. The van der Waals surface area contributed by atoms with Crippen molar-refractivity contribution in [2.45, 2.75) is 26.3 Å².